The lowest BCUT2D eigenvalue weighted by Crippen LogP contribution is -2.33. The highest BCUT2D eigenvalue weighted by molar-refractivity contribution is 6.00. The van der Waals surface area contributed by atoms with Crippen molar-refractivity contribution in [2.24, 2.45) is 0 Å². The Hall–Kier alpha value is -3.42. The number of pyridine rings is 1. The molecule has 0 saturated carbocycles. The maximum absolute atomic E-state index is 11.8. The maximum atomic E-state index is 11.8. The molecule has 0 aliphatic rings. The quantitative estimate of drug-likeness (QED) is 0.741. The van der Waals surface area contributed by atoms with E-state index in [2.05, 4.69) is 15.6 Å². The highest BCUT2D eigenvalue weighted by Gasteiger charge is 2.14. The first-order chi connectivity index (χ1) is 11.6. The summed E-state index contributed by atoms with van der Waals surface area (Å²) in [5.41, 5.74) is 0.675. The van der Waals surface area contributed by atoms with E-state index in [4.69, 9.17) is 9.84 Å². The van der Waals surface area contributed by atoms with Gasteiger partial charge in [0.2, 0.25) is 5.91 Å². The number of aromatic carboxylic acids is 1. The van der Waals surface area contributed by atoms with E-state index in [1.807, 2.05) is 18.2 Å². The first kappa shape index (κ1) is 16.9. The average molecular weight is 329 g/mol. The number of carbonyl (C=O) groups is 3. The highest BCUT2D eigenvalue weighted by Crippen LogP contribution is 2.10. The number of carbonyl (C=O) groups excluding carboxylic acids is 2. The lowest BCUT2D eigenvalue weighted by atomic mass is 10.2. The molecular weight excluding hydrogens is 314 g/mol. The van der Waals surface area contributed by atoms with Gasteiger partial charge in [-0.25, -0.2) is 14.6 Å². The molecule has 8 heteroatoms. The molecule has 0 fully saturated rings. The number of ether oxygens (including phenoxy) is 1. The number of alkyl carbamates (subject to hydrolysis) is 1. The molecule has 0 aliphatic carbocycles. The van der Waals surface area contributed by atoms with E-state index in [1.165, 1.54) is 18.3 Å². The second-order valence-corrected chi connectivity index (χ2v) is 4.67. The first-order valence-corrected chi connectivity index (χ1v) is 6.99. The molecule has 0 atom stereocenters. The van der Waals surface area contributed by atoms with E-state index in [1.54, 1.807) is 12.1 Å². The number of carboxylic acids is 1. The van der Waals surface area contributed by atoms with Gasteiger partial charge in [-0.3, -0.25) is 4.79 Å². The fourth-order valence-corrected chi connectivity index (χ4v) is 1.78. The van der Waals surface area contributed by atoms with Gasteiger partial charge in [0.25, 0.3) is 0 Å². The van der Waals surface area contributed by atoms with Gasteiger partial charge < -0.3 is 20.5 Å². The number of anilines is 1. The Kier molecular flexibility index (Phi) is 5.84. The van der Waals surface area contributed by atoms with Crippen LogP contribution in [-0.2, 0) is 16.1 Å². The molecule has 0 spiro atoms. The Bertz CT molecular complexity index is 734. The van der Waals surface area contributed by atoms with Crippen LogP contribution in [0.2, 0.25) is 0 Å². The molecule has 124 valence electrons. The number of carboxylic acid groups (broad SMARTS) is 1. The second kappa shape index (κ2) is 8.28. The van der Waals surface area contributed by atoms with Gasteiger partial charge in [0.15, 0.2) is 0 Å². The number of aromatic nitrogens is 1. The zero-order valence-electron chi connectivity index (χ0n) is 12.6. The van der Waals surface area contributed by atoms with Crippen LogP contribution in [0.25, 0.3) is 0 Å². The lowest BCUT2D eigenvalue weighted by molar-refractivity contribution is -0.115. The third-order valence-corrected chi connectivity index (χ3v) is 2.90. The Morgan fingerprint density at radius 2 is 1.83 bits per heavy atom. The first-order valence-electron chi connectivity index (χ1n) is 6.99. The van der Waals surface area contributed by atoms with E-state index in [-0.39, 0.29) is 24.5 Å². The molecule has 0 radical (unpaired) electrons. The summed E-state index contributed by atoms with van der Waals surface area (Å²) >= 11 is 0. The molecule has 1 aromatic heterocycles. The Labute approximate surface area is 137 Å². The molecule has 0 unspecified atom stereocenters. The van der Waals surface area contributed by atoms with E-state index in [0.717, 1.165) is 5.56 Å². The average Bonchev–Trinajstić information content (AvgIpc) is 2.59. The summed E-state index contributed by atoms with van der Waals surface area (Å²) in [4.78, 5) is 38.1. The highest BCUT2D eigenvalue weighted by atomic mass is 16.5. The molecule has 8 nitrogen and oxygen atoms in total. The van der Waals surface area contributed by atoms with Crippen molar-refractivity contribution in [2.45, 2.75) is 6.61 Å². The van der Waals surface area contributed by atoms with E-state index in [9.17, 15) is 14.4 Å². The molecule has 1 heterocycles. The van der Waals surface area contributed by atoms with Crippen molar-refractivity contribution in [3.63, 3.8) is 0 Å². The standard InChI is InChI=1S/C16H15N3O5/c20-13(19-14-12(15(21)22)7-4-8-17-14)9-18-16(23)24-10-11-5-2-1-3-6-11/h1-8H,9-10H2,(H,18,23)(H,21,22)(H,17,19,20). The number of nitrogens with one attached hydrogen (secondary N) is 2. The molecule has 24 heavy (non-hydrogen) atoms. The fourth-order valence-electron chi connectivity index (χ4n) is 1.78. The lowest BCUT2D eigenvalue weighted by Gasteiger charge is -2.09. The van der Waals surface area contributed by atoms with Gasteiger partial charge in [0.1, 0.15) is 24.5 Å². The van der Waals surface area contributed by atoms with Crippen molar-refractivity contribution in [2.75, 3.05) is 11.9 Å². The smallest absolute Gasteiger partial charge is 0.407 e. The van der Waals surface area contributed by atoms with Crippen molar-refractivity contribution in [1.29, 1.82) is 0 Å². The summed E-state index contributed by atoms with van der Waals surface area (Å²) < 4.78 is 4.95. The normalized spacial score (nSPS) is 9.83. The van der Waals surface area contributed by atoms with Crippen LogP contribution in [-0.4, -0.2) is 34.6 Å². The van der Waals surface area contributed by atoms with Crippen LogP contribution >= 0.6 is 0 Å². The summed E-state index contributed by atoms with van der Waals surface area (Å²) in [7, 11) is 0. The van der Waals surface area contributed by atoms with Gasteiger partial charge in [-0.2, -0.15) is 0 Å². The monoisotopic (exact) mass is 329 g/mol. The van der Waals surface area contributed by atoms with Gasteiger partial charge in [0, 0.05) is 6.20 Å². The molecule has 2 rings (SSSR count). The minimum atomic E-state index is -1.21. The number of rotatable bonds is 6. The third kappa shape index (κ3) is 5.09. The molecule has 3 N–H and O–H groups in total. The third-order valence-electron chi connectivity index (χ3n) is 2.90. The predicted molar refractivity (Wildman–Crippen MR) is 84.5 cm³/mol. The van der Waals surface area contributed by atoms with Crippen LogP contribution in [0.1, 0.15) is 15.9 Å². The molecule has 2 amide bonds. The molecular formula is C16H15N3O5. The van der Waals surface area contributed by atoms with Crippen molar-refractivity contribution < 1.29 is 24.2 Å². The minimum absolute atomic E-state index is 0.0810. The zero-order chi connectivity index (χ0) is 17.4. The number of nitrogens with zero attached hydrogens (tertiary/aromatic N) is 1. The molecule has 0 bridgehead atoms. The van der Waals surface area contributed by atoms with Crippen LogP contribution in [0, 0.1) is 0 Å². The molecule has 1 aromatic carbocycles. The zero-order valence-corrected chi connectivity index (χ0v) is 12.6. The summed E-state index contributed by atoms with van der Waals surface area (Å²) in [5, 5.41) is 13.6. The summed E-state index contributed by atoms with van der Waals surface area (Å²) in [6.07, 6.45) is 0.595. The van der Waals surface area contributed by atoms with Crippen molar-refractivity contribution in [1.82, 2.24) is 10.3 Å². The van der Waals surface area contributed by atoms with Crippen molar-refractivity contribution in [3.05, 3.63) is 59.8 Å². The summed E-state index contributed by atoms with van der Waals surface area (Å²) in [5.74, 6) is -1.92. The fraction of sp³-hybridized carbons (Fsp3) is 0.125. The number of hydrogen-bond donors (Lipinski definition) is 3. The Balaban J connectivity index is 1.79. The number of benzene rings is 1. The minimum Gasteiger partial charge on any atom is -0.478 e. The number of hydrogen-bond acceptors (Lipinski definition) is 5. The largest absolute Gasteiger partial charge is 0.478 e. The molecule has 2 aromatic rings. The predicted octanol–water partition coefficient (Wildman–Crippen LogP) is 1.64. The van der Waals surface area contributed by atoms with Gasteiger partial charge in [-0.05, 0) is 17.7 Å². The van der Waals surface area contributed by atoms with Crippen molar-refractivity contribution >= 4 is 23.8 Å². The molecule has 0 aliphatic heterocycles. The van der Waals surface area contributed by atoms with E-state index in [0.29, 0.717) is 0 Å². The topological polar surface area (TPSA) is 118 Å². The van der Waals surface area contributed by atoms with E-state index >= 15 is 0 Å². The maximum Gasteiger partial charge on any atom is 0.407 e. The summed E-state index contributed by atoms with van der Waals surface area (Å²) in [6, 6.07) is 11.8. The van der Waals surface area contributed by atoms with Gasteiger partial charge in [-0.15, -0.1) is 0 Å². The van der Waals surface area contributed by atoms with Gasteiger partial charge in [-0.1, -0.05) is 30.3 Å². The second-order valence-electron chi connectivity index (χ2n) is 4.67. The molecule has 0 saturated heterocycles. The SMILES string of the molecule is O=C(CNC(=O)OCc1ccccc1)Nc1ncccc1C(=O)O. The van der Waals surface area contributed by atoms with Crippen LogP contribution in [0.5, 0.6) is 0 Å². The van der Waals surface area contributed by atoms with Gasteiger partial charge in [0.05, 0.1) is 0 Å². The Morgan fingerprint density at radius 3 is 2.54 bits per heavy atom. The number of amides is 2. The summed E-state index contributed by atoms with van der Waals surface area (Å²) in [6.45, 7) is -0.291. The van der Waals surface area contributed by atoms with Crippen LogP contribution in [0.15, 0.2) is 48.7 Å². The van der Waals surface area contributed by atoms with E-state index < -0.39 is 18.0 Å². The van der Waals surface area contributed by atoms with Gasteiger partial charge >= 0.3 is 12.1 Å². The Morgan fingerprint density at radius 1 is 1.08 bits per heavy atom. The van der Waals surface area contributed by atoms with Crippen LogP contribution < -0.4 is 10.6 Å². The van der Waals surface area contributed by atoms with Crippen molar-refractivity contribution in [3.8, 4) is 0 Å². The van der Waals surface area contributed by atoms with Crippen LogP contribution in [0.3, 0.4) is 0 Å². The van der Waals surface area contributed by atoms with Crippen LogP contribution in [0.4, 0.5) is 10.6 Å².